The first-order chi connectivity index (χ1) is 17.4. The van der Waals surface area contributed by atoms with E-state index in [0.29, 0.717) is 0 Å². The third-order valence-corrected chi connectivity index (χ3v) is 5.50. The minimum Gasteiger partial charge on any atom is -0.310 e. The van der Waals surface area contributed by atoms with Gasteiger partial charge in [0.1, 0.15) is 0 Å². The topological polar surface area (TPSA) is 66.4 Å². The second-order valence-electron chi connectivity index (χ2n) is 7.55. The molecule has 0 aliphatic carbocycles. The predicted molar refractivity (Wildman–Crippen MR) is 104 cm³/mol. The number of hydrogen-bond donors (Lipinski definition) is 2. The number of halogens is 17. The highest BCUT2D eigenvalue weighted by Gasteiger charge is 2.96. The zero-order chi connectivity index (χ0) is 33.0. The van der Waals surface area contributed by atoms with E-state index in [4.69, 9.17) is 4.55 Å². The first kappa shape index (κ1) is 40.3. The lowest BCUT2D eigenvalue weighted by Gasteiger charge is -2.43. The van der Waals surface area contributed by atoms with Gasteiger partial charge in [-0.2, -0.15) is 78.7 Å². The maximum absolute atomic E-state index is 13.5. The molecule has 0 aromatic heterocycles. The minimum atomic E-state index is -8.86. The molecule has 1 unspecified atom stereocenters. The lowest BCUT2D eigenvalue weighted by Crippen LogP contribution is -2.75. The van der Waals surface area contributed by atoms with E-state index in [1.165, 1.54) is 0 Å². The van der Waals surface area contributed by atoms with Gasteiger partial charge in [0.2, 0.25) is 0 Å². The Morgan fingerprint density at radius 1 is 0.675 bits per heavy atom. The molecular weight excluding hydrogens is 633 g/mol. The molecule has 4 nitrogen and oxygen atoms in total. The van der Waals surface area contributed by atoms with Gasteiger partial charge in [-0.1, -0.05) is 25.5 Å². The van der Waals surface area contributed by atoms with Crippen molar-refractivity contribution >= 4 is 10.1 Å². The molecule has 0 bridgehead atoms. The molecule has 0 amide bonds. The van der Waals surface area contributed by atoms with Gasteiger partial charge in [0.15, 0.2) is 6.17 Å². The Balaban J connectivity index is 0. The van der Waals surface area contributed by atoms with Gasteiger partial charge in [-0.25, -0.2) is 4.39 Å². The molecule has 0 fully saturated rings. The highest BCUT2D eigenvalue weighted by Crippen LogP contribution is 2.64. The van der Waals surface area contributed by atoms with Crippen LogP contribution in [0.1, 0.15) is 19.8 Å². The molecule has 40 heavy (non-hydrogen) atoms. The summed E-state index contributed by atoms with van der Waals surface area (Å²) in [6.45, 7) is 9.54. The van der Waals surface area contributed by atoms with Crippen molar-refractivity contribution in [2.24, 2.45) is 0 Å². The zero-order valence-electron chi connectivity index (χ0n) is 19.6. The van der Waals surface area contributed by atoms with Crippen molar-refractivity contribution in [3.8, 4) is 0 Å². The fourth-order valence-corrected chi connectivity index (χ4v) is 2.71. The van der Waals surface area contributed by atoms with Gasteiger partial charge in [-0.3, -0.25) is 4.55 Å². The van der Waals surface area contributed by atoms with E-state index in [2.05, 4.69) is 18.5 Å². The van der Waals surface area contributed by atoms with Gasteiger partial charge >= 0.3 is 56.8 Å². The molecule has 0 aliphatic rings. The van der Waals surface area contributed by atoms with E-state index in [9.17, 15) is 83.1 Å². The fraction of sp³-hybridized carbons (Fsp3) is 0.778. The van der Waals surface area contributed by atoms with Crippen LogP contribution in [0.5, 0.6) is 0 Å². The first-order valence-corrected chi connectivity index (χ1v) is 11.4. The van der Waals surface area contributed by atoms with Crippen molar-refractivity contribution in [2.75, 3.05) is 13.1 Å². The van der Waals surface area contributed by atoms with Gasteiger partial charge in [0.25, 0.3) is 0 Å². The highest BCUT2D eigenvalue weighted by atomic mass is 32.2. The monoisotopic (exact) mass is 653 g/mol. The fourth-order valence-electron chi connectivity index (χ4n) is 2.26. The van der Waals surface area contributed by atoms with Crippen molar-refractivity contribution in [2.45, 2.75) is 72.6 Å². The molecule has 240 valence electrons. The summed E-state index contributed by atoms with van der Waals surface area (Å²) >= 11 is 0. The largest absolute Gasteiger partial charge is 0.438 e. The zero-order valence-corrected chi connectivity index (χ0v) is 20.4. The summed E-state index contributed by atoms with van der Waals surface area (Å²) in [5.74, 6) is -58.5. The van der Waals surface area contributed by atoms with Crippen LogP contribution in [-0.2, 0) is 10.1 Å². The number of hydrogen-bond acceptors (Lipinski definition) is 3. The molecule has 0 saturated heterocycles. The molecule has 0 saturated carbocycles. The molecule has 0 aromatic rings. The summed E-state index contributed by atoms with van der Waals surface area (Å²) in [7, 11) is -7.90. The van der Waals surface area contributed by atoms with Crippen molar-refractivity contribution in [1.29, 1.82) is 0 Å². The lowest BCUT2D eigenvalue weighted by atomic mass is 9.87. The molecule has 0 spiro atoms. The number of rotatable bonds is 15. The summed E-state index contributed by atoms with van der Waals surface area (Å²) in [6, 6.07) is 0. The Morgan fingerprint density at radius 2 is 0.975 bits per heavy atom. The number of nitrogens with one attached hydrogen (secondary N) is 1. The lowest BCUT2D eigenvalue weighted by molar-refractivity contribution is -0.451. The Kier molecular flexibility index (Phi) is 12.7. The normalized spacial score (nSPS) is 15.7. The van der Waals surface area contributed by atoms with Crippen molar-refractivity contribution in [1.82, 2.24) is 5.32 Å². The summed E-state index contributed by atoms with van der Waals surface area (Å²) in [5.41, 5.74) is 0. The standard InChI is InChI=1S/C12H9F17O3S.C6H11N/c1-2-3-4(13)5(14,15)6(16,17)7(18,19)8(20,21)9(22,23)10(24,25)11(26,27)12(28,29)33(30,31)32;1-3-5-7-6-4-2/h4H,2-3H2,1H3,(H,30,31,32);3-4,7H,1-2,5-6H2. The SMILES string of the molecule is C=CCNCC=C.CCCC(F)C(F)(F)C(F)(F)C(F)(F)C(F)(F)C(F)(F)C(F)(F)C(F)(F)C(F)(F)S(=O)(=O)O. The first-order valence-electron chi connectivity index (χ1n) is 9.96. The average Bonchev–Trinajstić information content (AvgIpc) is 2.78. The molecule has 0 aliphatic heterocycles. The third-order valence-electron chi connectivity index (χ3n) is 4.59. The van der Waals surface area contributed by atoms with Crippen LogP contribution in [0.4, 0.5) is 74.6 Å². The van der Waals surface area contributed by atoms with Crippen LogP contribution in [-0.4, -0.2) is 78.9 Å². The van der Waals surface area contributed by atoms with E-state index < -0.39 is 75.8 Å². The Bertz CT molecular complexity index is 959. The smallest absolute Gasteiger partial charge is 0.310 e. The van der Waals surface area contributed by atoms with Crippen LogP contribution in [0.3, 0.4) is 0 Å². The van der Waals surface area contributed by atoms with Crippen LogP contribution >= 0.6 is 0 Å². The predicted octanol–water partition coefficient (Wildman–Crippen LogP) is 7.00. The minimum absolute atomic E-state index is 0.736. The molecule has 2 N–H and O–H groups in total. The molecule has 0 aromatic carbocycles. The van der Waals surface area contributed by atoms with E-state index >= 15 is 0 Å². The van der Waals surface area contributed by atoms with Crippen molar-refractivity contribution in [3.05, 3.63) is 25.3 Å². The number of alkyl halides is 17. The van der Waals surface area contributed by atoms with Crippen molar-refractivity contribution in [3.63, 3.8) is 0 Å². The Labute approximate surface area is 215 Å². The molecule has 1 atom stereocenters. The summed E-state index contributed by atoms with van der Waals surface area (Å²) in [4.78, 5) is 0. The Morgan fingerprint density at radius 3 is 1.25 bits per heavy atom. The van der Waals surface area contributed by atoms with E-state index in [1.54, 1.807) is 0 Å². The summed E-state index contributed by atoms with van der Waals surface area (Å²) < 4.78 is 254. The van der Waals surface area contributed by atoms with Crippen LogP contribution in [0.15, 0.2) is 25.3 Å². The van der Waals surface area contributed by atoms with E-state index in [1.807, 2.05) is 12.2 Å². The van der Waals surface area contributed by atoms with Crippen LogP contribution < -0.4 is 5.32 Å². The molecule has 0 rings (SSSR count). The summed E-state index contributed by atoms with van der Waals surface area (Å²) in [6.07, 6.45) is -3.58. The van der Waals surface area contributed by atoms with Gasteiger partial charge in [-0.05, 0) is 6.42 Å². The maximum Gasteiger partial charge on any atom is 0.438 e. The maximum atomic E-state index is 13.5. The van der Waals surface area contributed by atoms with Crippen LogP contribution in [0, 0.1) is 0 Å². The van der Waals surface area contributed by atoms with Crippen LogP contribution in [0.25, 0.3) is 0 Å². The molecular formula is C18H20F17NO3S. The average molecular weight is 653 g/mol. The Hall–Kier alpha value is -1.84. The highest BCUT2D eigenvalue weighted by molar-refractivity contribution is 7.87. The van der Waals surface area contributed by atoms with Gasteiger partial charge in [0.05, 0.1) is 0 Å². The van der Waals surface area contributed by atoms with Gasteiger partial charge < -0.3 is 5.32 Å². The molecule has 0 radical (unpaired) electrons. The third kappa shape index (κ3) is 6.46. The van der Waals surface area contributed by atoms with Gasteiger partial charge in [-0.15, -0.1) is 13.2 Å². The molecule has 0 heterocycles. The molecule has 22 heteroatoms. The van der Waals surface area contributed by atoms with E-state index in [0.717, 1.165) is 20.0 Å². The van der Waals surface area contributed by atoms with Crippen LogP contribution in [0.2, 0.25) is 0 Å². The summed E-state index contributed by atoms with van der Waals surface area (Å²) in [5, 5.41) is -4.79. The second-order valence-corrected chi connectivity index (χ2v) is 9.02. The van der Waals surface area contributed by atoms with Gasteiger partial charge in [0, 0.05) is 13.1 Å². The quantitative estimate of drug-likeness (QED) is 0.0866. The second kappa shape index (κ2) is 12.6. The van der Waals surface area contributed by atoms with Crippen molar-refractivity contribution < 1.29 is 87.6 Å². The van der Waals surface area contributed by atoms with E-state index in [-0.39, 0.29) is 0 Å².